The molecule has 0 aliphatic carbocycles. The minimum Gasteiger partial charge on any atom is -0.399 e. The molecule has 158 valence electrons. The van der Waals surface area contributed by atoms with Crippen LogP contribution < -0.4 is 10.6 Å². The second-order valence-electron chi connectivity index (χ2n) is 7.83. The first-order chi connectivity index (χ1) is 14.5. The van der Waals surface area contributed by atoms with Crippen molar-refractivity contribution in [2.75, 3.05) is 63.1 Å². The van der Waals surface area contributed by atoms with E-state index >= 15 is 0 Å². The van der Waals surface area contributed by atoms with Gasteiger partial charge in [0.05, 0.1) is 18.8 Å². The first-order valence-corrected chi connectivity index (χ1v) is 10.4. The topological polar surface area (TPSA) is 79.1 Å². The van der Waals surface area contributed by atoms with Gasteiger partial charge in [-0.3, -0.25) is 9.59 Å². The van der Waals surface area contributed by atoms with Gasteiger partial charge in [0.15, 0.2) is 0 Å². The van der Waals surface area contributed by atoms with Gasteiger partial charge < -0.3 is 25.2 Å². The lowest BCUT2D eigenvalue weighted by atomic mass is 10.1. The van der Waals surface area contributed by atoms with Crippen molar-refractivity contribution in [3.05, 3.63) is 59.2 Å². The van der Waals surface area contributed by atoms with E-state index in [1.807, 2.05) is 53.1 Å². The van der Waals surface area contributed by atoms with Crippen molar-refractivity contribution in [2.24, 2.45) is 0 Å². The number of benzene rings is 2. The fourth-order valence-electron chi connectivity index (χ4n) is 3.97. The molecule has 2 aliphatic heterocycles. The third-order valence-electron chi connectivity index (χ3n) is 5.76. The molecule has 2 aromatic rings. The minimum absolute atomic E-state index is 0.0150. The number of nitrogens with two attached hydrogens (primary N) is 1. The van der Waals surface area contributed by atoms with Gasteiger partial charge in [-0.05, 0) is 37.3 Å². The van der Waals surface area contributed by atoms with Crippen LogP contribution in [0.3, 0.4) is 0 Å². The summed E-state index contributed by atoms with van der Waals surface area (Å²) in [5.74, 6) is 0.0373. The average Bonchev–Trinajstić information content (AvgIpc) is 2.79. The van der Waals surface area contributed by atoms with Crippen LogP contribution in [0.15, 0.2) is 42.5 Å². The molecule has 2 saturated heterocycles. The Hall–Kier alpha value is -3.06. The first-order valence-electron chi connectivity index (χ1n) is 10.4. The standard InChI is InChI=1S/C23H28N4O3/c1-17-2-4-18(5-3-17)22(28)26-10-8-25(9-11-26)21-7-6-19(24)16-20(21)23(29)27-12-14-30-15-13-27/h2-7,16H,8-15,24H2,1H3. The van der Waals surface area contributed by atoms with Crippen molar-refractivity contribution in [1.29, 1.82) is 0 Å². The van der Waals surface area contributed by atoms with Gasteiger partial charge in [0.25, 0.3) is 11.8 Å². The Morgan fingerprint density at radius 3 is 2.13 bits per heavy atom. The van der Waals surface area contributed by atoms with Crippen molar-refractivity contribution in [2.45, 2.75) is 6.92 Å². The first kappa shape index (κ1) is 20.2. The van der Waals surface area contributed by atoms with E-state index in [0.717, 1.165) is 11.3 Å². The molecule has 0 radical (unpaired) electrons. The maximum absolute atomic E-state index is 13.1. The van der Waals surface area contributed by atoms with Gasteiger partial charge in [0, 0.05) is 56.2 Å². The van der Waals surface area contributed by atoms with Crippen LogP contribution in [-0.4, -0.2) is 74.1 Å². The van der Waals surface area contributed by atoms with E-state index in [1.165, 1.54) is 0 Å². The predicted octanol–water partition coefficient (Wildman–Crippen LogP) is 2.01. The molecule has 0 bridgehead atoms. The lowest BCUT2D eigenvalue weighted by molar-refractivity contribution is 0.0303. The largest absolute Gasteiger partial charge is 0.399 e. The van der Waals surface area contributed by atoms with Gasteiger partial charge in [-0.2, -0.15) is 0 Å². The third-order valence-corrected chi connectivity index (χ3v) is 5.76. The number of hydrogen-bond donors (Lipinski definition) is 1. The summed E-state index contributed by atoms with van der Waals surface area (Å²) >= 11 is 0. The molecule has 2 fully saturated rings. The Morgan fingerprint density at radius 2 is 1.47 bits per heavy atom. The number of aryl methyl sites for hydroxylation is 1. The molecule has 2 N–H and O–H groups in total. The lowest BCUT2D eigenvalue weighted by Crippen LogP contribution is -2.49. The van der Waals surface area contributed by atoms with Crippen molar-refractivity contribution in [3.63, 3.8) is 0 Å². The lowest BCUT2D eigenvalue weighted by Gasteiger charge is -2.37. The average molecular weight is 409 g/mol. The van der Waals surface area contributed by atoms with Crippen LogP contribution in [0.2, 0.25) is 0 Å². The number of ether oxygens (including phenoxy) is 1. The van der Waals surface area contributed by atoms with E-state index in [2.05, 4.69) is 4.90 Å². The molecule has 30 heavy (non-hydrogen) atoms. The highest BCUT2D eigenvalue weighted by Crippen LogP contribution is 2.26. The highest BCUT2D eigenvalue weighted by molar-refractivity contribution is 6.01. The normalized spacial score (nSPS) is 17.2. The molecule has 2 heterocycles. The molecule has 0 spiro atoms. The van der Waals surface area contributed by atoms with Crippen LogP contribution in [0.25, 0.3) is 0 Å². The monoisotopic (exact) mass is 408 g/mol. The van der Waals surface area contributed by atoms with Crippen LogP contribution in [0.4, 0.5) is 11.4 Å². The predicted molar refractivity (Wildman–Crippen MR) is 117 cm³/mol. The Kier molecular flexibility index (Phi) is 5.90. The number of anilines is 2. The number of morpholine rings is 1. The van der Waals surface area contributed by atoms with Crippen LogP contribution in [-0.2, 0) is 4.74 Å². The summed E-state index contributed by atoms with van der Waals surface area (Å²) < 4.78 is 5.37. The van der Waals surface area contributed by atoms with Crippen LogP contribution in [0.5, 0.6) is 0 Å². The molecule has 2 amide bonds. The Labute approximate surface area is 177 Å². The number of piperazine rings is 1. The molecule has 0 saturated carbocycles. The van der Waals surface area contributed by atoms with Crippen LogP contribution >= 0.6 is 0 Å². The molecule has 2 aliphatic rings. The summed E-state index contributed by atoms with van der Waals surface area (Å²) in [4.78, 5) is 31.8. The van der Waals surface area contributed by atoms with Crippen molar-refractivity contribution < 1.29 is 14.3 Å². The smallest absolute Gasteiger partial charge is 0.256 e. The second-order valence-corrected chi connectivity index (χ2v) is 7.83. The summed E-state index contributed by atoms with van der Waals surface area (Å²) in [6.45, 7) is 6.87. The molecular weight excluding hydrogens is 380 g/mol. The van der Waals surface area contributed by atoms with Gasteiger partial charge in [0.1, 0.15) is 0 Å². The van der Waals surface area contributed by atoms with E-state index in [-0.39, 0.29) is 11.8 Å². The number of carbonyl (C=O) groups is 2. The van der Waals surface area contributed by atoms with Crippen LogP contribution in [0.1, 0.15) is 26.3 Å². The molecule has 0 unspecified atom stereocenters. The second kappa shape index (κ2) is 8.75. The highest BCUT2D eigenvalue weighted by atomic mass is 16.5. The molecule has 0 aromatic heterocycles. The zero-order chi connectivity index (χ0) is 21.1. The van der Waals surface area contributed by atoms with E-state index in [1.54, 1.807) is 6.07 Å². The maximum Gasteiger partial charge on any atom is 0.256 e. The summed E-state index contributed by atoms with van der Waals surface area (Å²) in [5, 5.41) is 0. The molecule has 7 heteroatoms. The third kappa shape index (κ3) is 4.26. The molecular formula is C23H28N4O3. The van der Waals surface area contributed by atoms with E-state index in [4.69, 9.17) is 10.5 Å². The fourth-order valence-corrected chi connectivity index (χ4v) is 3.97. The highest BCUT2D eigenvalue weighted by Gasteiger charge is 2.27. The van der Waals surface area contributed by atoms with Crippen molar-refractivity contribution in [3.8, 4) is 0 Å². The Morgan fingerprint density at radius 1 is 0.833 bits per heavy atom. The van der Waals surface area contributed by atoms with Gasteiger partial charge in [-0.25, -0.2) is 0 Å². The number of nitrogens with zero attached hydrogens (tertiary/aromatic N) is 3. The SMILES string of the molecule is Cc1ccc(C(=O)N2CCN(c3ccc(N)cc3C(=O)N3CCOCC3)CC2)cc1. The number of nitrogen functional groups attached to an aromatic ring is 1. The summed E-state index contributed by atoms with van der Waals surface area (Å²) in [6.07, 6.45) is 0. The molecule has 2 aromatic carbocycles. The minimum atomic E-state index is -0.0150. The van der Waals surface area contributed by atoms with E-state index in [0.29, 0.717) is 69.3 Å². The van der Waals surface area contributed by atoms with Crippen LogP contribution in [0, 0.1) is 6.92 Å². The molecule has 7 nitrogen and oxygen atoms in total. The fraction of sp³-hybridized carbons (Fsp3) is 0.391. The summed E-state index contributed by atoms with van der Waals surface area (Å²) in [7, 11) is 0. The van der Waals surface area contributed by atoms with E-state index in [9.17, 15) is 9.59 Å². The quantitative estimate of drug-likeness (QED) is 0.786. The van der Waals surface area contributed by atoms with Crippen molar-refractivity contribution in [1.82, 2.24) is 9.80 Å². The molecule has 4 rings (SSSR count). The number of hydrogen-bond acceptors (Lipinski definition) is 5. The maximum atomic E-state index is 13.1. The summed E-state index contributed by atoms with van der Waals surface area (Å²) in [5.41, 5.74) is 9.91. The Balaban J connectivity index is 1.47. The van der Waals surface area contributed by atoms with Gasteiger partial charge in [-0.15, -0.1) is 0 Å². The van der Waals surface area contributed by atoms with Gasteiger partial charge in [-0.1, -0.05) is 17.7 Å². The zero-order valence-electron chi connectivity index (χ0n) is 17.3. The zero-order valence-corrected chi connectivity index (χ0v) is 17.3. The van der Waals surface area contributed by atoms with Crippen molar-refractivity contribution >= 4 is 23.2 Å². The number of amides is 2. The number of carbonyl (C=O) groups excluding carboxylic acids is 2. The van der Waals surface area contributed by atoms with Gasteiger partial charge >= 0.3 is 0 Å². The van der Waals surface area contributed by atoms with Gasteiger partial charge in [0.2, 0.25) is 0 Å². The summed E-state index contributed by atoms with van der Waals surface area (Å²) in [6, 6.07) is 13.2. The molecule has 0 atom stereocenters. The Bertz CT molecular complexity index is 915. The van der Waals surface area contributed by atoms with E-state index < -0.39 is 0 Å². The number of rotatable bonds is 3.